The SMILES string of the molecule is CCNC(c1ccc(F)cc1C)C(C)(C)OC. The predicted molar refractivity (Wildman–Crippen MR) is 68.6 cm³/mol. The lowest BCUT2D eigenvalue weighted by Crippen LogP contribution is -2.41. The van der Waals surface area contributed by atoms with Crippen LogP contribution in [0.25, 0.3) is 0 Å². The fourth-order valence-corrected chi connectivity index (χ4v) is 2.02. The number of halogens is 1. The van der Waals surface area contributed by atoms with E-state index in [4.69, 9.17) is 4.74 Å². The summed E-state index contributed by atoms with van der Waals surface area (Å²) < 4.78 is 18.7. The second-order valence-electron chi connectivity index (χ2n) is 4.80. The van der Waals surface area contributed by atoms with Crippen LogP contribution in [0.2, 0.25) is 0 Å². The van der Waals surface area contributed by atoms with Crippen molar-refractivity contribution in [2.75, 3.05) is 13.7 Å². The van der Waals surface area contributed by atoms with Gasteiger partial charge >= 0.3 is 0 Å². The summed E-state index contributed by atoms with van der Waals surface area (Å²) in [4.78, 5) is 0. The van der Waals surface area contributed by atoms with Crippen molar-refractivity contribution in [3.8, 4) is 0 Å². The lowest BCUT2D eigenvalue weighted by atomic mass is 9.89. The van der Waals surface area contributed by atoms with Gasteiger partial charge in [0.1, 0.15) is 5.82 Å². The maximum Gasteiger partial charge on any atom is 0.123 e. The summed E-state index contributed by atoms with van der Waals surface area (Å²) in [5, 5.41) is 3.40. The van der Waals surface area contributed by atoms with Crippen LogP contribution in [0, 0.1) is 12.7 Å². The first-order chi connectivity index (χ1) is 7.92. The highest BCUT2D eigenvalue weighted by Gasteiger charge is 2.30. The van der Waals surface area contributed by atoms with Gasteiger partial charge in [0, 0.05) is 7.11 Å². The molecule has 1 aromatic carbocycles. The largest absolute Gasteiger partial charge is 0.377 e. The van der Waals surface area contributed by atoms with E-state index in [1.54, 1.807) is 13.2 Å². The third-order valence-electron chi connectivity index (χ3n) is 3.17. The predicted octanol–water partition coefficient (Wildman–Crippen LogP) is 3.21. The van der Waals surface area contributed by atoms with Gasteiger partial charge in [0.2, 0.25) is 0 Å². The molecule has 3 heteroatoms. The number of nitrogens with one attached hydrogen (secondary N) is 1. The first-order valence-corrected chi connectivity index (χ1v) is 5.97. The standard InChI is InChI=1S/C14H22FNO/c1-6-16-13(14(3,4)17-5)12-8-7-11(15)9-10(12)2/h7-9,13,16H,6H2,1-5H3. The van der Waals surface area contributed by atoms with E-state index in [0.717, 1.165) is 17.7 Å². The molecule has 1 N–H and O–H groups in total. The highest BCUT2D eigenvalue weighted by molar-refractivity contribution is 5.31. The summed E-state index contributed by atoms with van der Waals surface area (Å²) in [6.45, 7) is 8.88. The van der Waals surface area contributed by atoms with Crippen molar-refractivity contribution in [2.45, 2.75) is 39.3 Å². The Balaban J connectivity index is 3.14. The van der Waals surface area contributed by atoms with Crippen LogP contribution in [0.1, 0.15) is 37.9 Å². The Hall–Kier alpha value is -0.930. The Kier molecular flexibility index (Phi) is 4.66. The van der Waals surface area contributed by atoms with Gasteiger partial charge in [-0.1, -0.05) is 13.0 Å². The molecule has 1 atom stereocenters. The molecule has 0 saturated carbocycles. The molecule has 1 aromatic rings. The molecule has 0 heterocycles. The fourth-order valence-electron chi connectivity index (χ4n) is 2.02. The molecule has 0 bridgehead atoms. The van der Waals surface area contributed by atoms with Gasteiger partial charge in [-0.2, -0.15) is 0 Å². The first-order valence-electron chi connectivity index (χ1n) is 5.97. The fraction of sp³-hybridized carbons (Fsp3) is 0.571. The van der Waals surface area contributed by atoms with Crippen LogP contribution in [0.15, 0.2) is 18.2 Å². The van der Waals surface area contributed by atoms with Gasteiger partial charge in [0.15, 0.2) is 0 Å². The molecule has 0 aliphatic carbocycles. The van der Waals surface area contributed by atoms with E-state index in [2.05, 4.69) is 12.2 Å². The van der Waals surface area contributed by atoms with Crippen molar-refractivity contribution in [2.24, 2.45) is 0 Å². The minimum absolute atomic E-state index is 0.0538. The van der Waals surface area contributed by atoms with Crippen LogP contribution in [0.3, 0.4) is 0 Å². The van der Waals surface area contributed by atoms with E-state index in [9.17, 15) is 4.39 Å². The highest BCUT2D eigenvalue weighted by Crippen LogP contribution is 2.30. The van der Waals surface area contributed by atoms with Crippen LogP contribution in [0.5, 0.6) is 0 Å². The van der Waals surface area contributed by atoms with Crippen LogP contribution >= 0.6 is 0 Å². The van der Waals surface area contributed by atoms with Gasteiger partial charge in [-0.05, 0) is 50.6 Å². The lowest BCUT2D eigenvalue weighted by molar-refractivity contribution is -0.0108. The molecular formula is C14H22FNO. The first kappa shape index (κ1) is 14.1. The second-order valence-corrected chi connectivity index (χ2v) is 4.80. The zero-order valence-corrected chi connectivity index (χ0v) is 11.3. The van der Waals surface area contributed by atoms with Crippen LogP contribution in [-0.4, -0.2) is 19.3 Å². The Labute approximate surface area is 103 Å². The highest BCUT2D eigenvalue weighted by atomic mass is 19.1. The van der Waals surface area contributed by atoms with Crippen molar-refractivity contribution < 1.29 is 9.13 Å². The molecular weight excluding hydrogens is 217 g/mol. The number of methoxy groups -OCH3 is 1. The molecule has 2 nitrogen and oxygen atoms in total. The number of rotatable bonds is 5. The smallest absolute Gasteiger partial charge is 0.123 e. The molecule has 0 radical (unpaired) electrons. The van der Waals surface area contributed by atoms with E-state index in [1.807, 2.05) is 26.8 Å². The topological polar surface area (TPSA) is 21.3 Å². The van der Waals surface area contributed by atoms with E-state index in [-0.39, 0.29) is 17.5 Å². The monoisotopic (exact) mass is 239 g/mol. The lowest BCUT2D eigenvalue weighted by Gasteiger charge is -2.35. The van der Waals surface area contributed by atoms with Crippen molar-refractivity contribution >= 4 is 0 Å². The minimum atomic E-state index is -0.335. The Morgan fingerprint density at radius 2 is 2.06 bits per heavy atom. The molecule has 1 rings (SSSR count). The van der Waals surface area contributed by atoms with Crippen molar-refractivity contribution in [3.05, 3.63) is 35.1 Å². The molecule has 0 saturated heterocycles. The van der Waals surface area contributed by atoms with E-state index < -0.39 is 0 Å². The maximum absolute atomic E-state index is 13.1. The van der Waals surface area contributed by atoms with E-state index in [0.29, 0.717) is 0 Å². The molecule has 96 valence electrons. The number of aryl methyl sites for hydroxylation is 1. The summed E-state index contributed by atoms with van der Waals surface area (Å²) >= 11 is 0. The molecule has 0 aliphatic heterocycles. The number of likely N-dealkylation sites (N-methyl/N-ethyl adjacent to an activating group) is 1. The summed E-state index contributed by atoms with van der Waals surface area (Å²) in [6, 6.07) is 4.95. The zero-order chi connectivity index (χ0) is 13.1. The molecule has 0 spiro atoms. The summed E-state index contributed by atoms with van der Waals surface area (Å²) in [7, 11) is 1.70. The third-order valence-corrected chi connectivity index (χ3v) is 3.17. The Morgan fingerprint density at radius 1 is 1.41 bits per heavy atom. The van der Waals surface area contributed by atoms with Gasteiger partial charge in [0.05, 0.1) is 11.6 Å². The molecule has 17 heavy (non-hydrogen) atoms. The quantitative estimate of drug-likeness (QED) is 0.852. The summed E-state index contributed by atoms with van der Waals surface area (Å²) in [5.41, 5.74) is 1.69. The van der Waals surface area contributed by atoms with Gasteiger partial charge in [-0.3, -0.25) is 0 Å². The summed E-state index contributed by atoms with van der Waals surface area (Å²) in [6.07, 6.45) is 0. The number of hydrogen-bond donors (Lipinski definition) is 1. The molecule has 0 amide bonds. The van der Waals surface area contributed by atoms with Crippen molar-refractivity contribution in [1.82, 2.24) is 5.32 Å². The van der Waals surface area contributed by atoms with Crippen molar-refractivity contribution in [1.29, 1.82) is 0 Å². The normalized spacial score (nSPS) is 13.8. The second kappa shape index (κ2) is 5.61. The van der Waals surface area contributed by atoms with E-state index in [1.165, 1.54) is 6.07 Å². The third kappa shape index (κ3) is 3.27. The van der Waals surface area contributed by atoms with Gasteiger partial charge < -0.3 is 10.1 Å². The zero-order valence-electron chi connectivity index (χ0n) is 11.3. The number of hydrogen-bond acceptors (Lipinski definition) is 2. The van der Waals surface area contributed by atoms with Gasteiger partial charge in [0.25, 0.3) is 0 Å². The van der Waals surface area contributed by atoms with Crippen molar-refractivity contribution in [3.63, 3.8) is 0 Å². The van der Waals surface area contributed by atoms with Gasteiger partial charge in [-0.25, -0.2) is 4.39 Å². The van der Waals surface area contributed by atoms with Gasteiger partial charge in [-0.15, -0.1) is 0 Å². The van der Waals surface area contributed by atoms with Crippen LogP contribution in [-0.2, 0) is 4.74 Å². The maximum atomic E-state index is 13.1. The summed E-state index contributed by atoms with van der Waals surface area (Å²) in [5.74, 6) is -0.197. The van der Waals surface area contributed by atoms with Crippen LogP contribution < -0.4 is 5.32 Å². The Morgan fingerprint density at radius 3 is 2.53 bits per heavy atom. The molecule has 0 aromatic heterocycles. The number of benzene rings is 1. The average molecular weight is 239 g/mol. The Bertz CT molecular complexity index is 376. The minimum Gasteiger partial charge on any atom is -0.377 e. The molecule has 1 unspecified atom stereocenters. The molecule has 0 aliphatic rings. The molecule has 0 fully saturated rings. The average Bonchev–Trinajstić information content (AvgIpc) is 2.27. The van der Waals surface area contributed by atoms with E-state index >= 15 is 0 Å². The van der Waals surface area contributed by atoms with Crippen LogP contribution in [0.4, 0.5) is 4.39 Å². The number of ether oxygens (including phenoxy) is 1.